The standard InChI is InChI=1S/C18H27BrN2.C2H2O4/c1-15-5-2-3-8-18(15)21-11-9-20(10-12-21)14-16-6-4-7-17(19)13-16;3-1(4)2(5)6/h4,6-7,13,15,18H,2-3,5,8-12,14H2,1H3;(H,3,4)(H,5,6). The first-order chi connectivity index (χ1) is 12.9. The maximum atomic E-state index is 9.10. The first-order valence-electron chi connectivity index (χ1n) is 9.54. The fourth-order valence-electron chi connectivity index (χ4n) is 3.99. The Balaban J connectivity index is 0.000000380. The van der Waals surface area contributed by atoms with Gasteiger partial charge < -0.3 is 10.2 Å². The smallest absolute Gasteiger partial charge is 0.414 e. The van der Waals surface area contributed by atoms with Crippen LogP contribution < -0.4 is 0 Å². The molecule has 0 radical (unpaired) electrons. The van der Waals surface area contributed by atoms with Gasteiger partial charge in [-0.05, 0) is 36.5 Å². The summed E-state index contributed by atoms with van der Waals surface area (Å²) in [4.78, 5) is 23.6. The molecule has 2 fully saturated rings. The van der Waals surface area contributed by atoms with Crippen LogP contribution in [-0.2, 0) is 16.1 Å². The lowest BCUT2D eigenvalue weighted by Gasteiger charge is -2.43. The van der Waals surface area contributed by atoms with Crippen LogP contribution in [0.1, 0.15) is 38.2 Å². The minimum atomic E-state index is -1.82. The Morgan fingerprint density at radius 1 is 1.07 bits per heavy atom. The molecule has 7 heteroatoms. The van der Waals surface area contributed by atoms with E-state index in [9.17, 15) is 0 Å². The Morgan fingerprint density at radius 2 is 1.70 bits per heavy atom. The molecule has 150 valence electrons. The van der Waals surface area contributed by atoms with Crippen molar-refractivity contribution in [2.24, 2.45) is 5.92 Å². The predicted molar refractivity (Wildman–Crippen MR) is 108 cm³/mol. The largest absolute Gasteiger partial charge is 0.473 e. The fourth-order valence-corrected chi connectivity index (χ4v) is 4.43. The Kier molecular flexibility index (Phi) is 8.73. The van der Waals surface area contributed by atoms with Crippen molar-refractivity contribution in [3.8, 4) is 0 Å². The average Bonchev–Trinajstić information content (AvgIpc) is 2.63. The Morgan fingerprint density at radius 3 is 2.26 bits per heavy atom. The van der Waals surface area contributed by atoms with Crippen molar-refractivity contribution >= 4 is 27.9 Å². The van der Waals surface area contributed by atoms with Crippen molar-refractivity contribution < 1.29 is 19.8 Å². The first kappa shape index (κ1) is 21.9. The number of nitrogens with zero attached hydrogens (tertiary/aromatic N) is 2. The van der Waals surface area contributed by atoms with Crippen LogP contribution in [-0.4, -0.2) is 64.2 Å². The zero-order valence-electron chi connectivity index (χ0n) is 15.8. The quantitative estimate of drug-likeness (QED) is 0.701. The number of piperazine rings is 1. The number of carbonyl (C=O) groups is 2. The van der Waals surface area contributed by atoms with Crippen LogP contribution in [0.2, 0.25) is 0 Å². The number of hydrogen-bond donors (Lipinski definition) is 2. The van der Waals surface area contributed by atoms with E-state index < -0.39 is 11.9 Å². The number of benzene rings is 1. The Bertz CT molecular complexity index is 620. The van der Waals surface area contributed by atoms with Crippen molar-refractivity contribution in [1.82, 2.24) is 9.80 Å². The molecule has 0 aromatic heterocycles. The molecule has 1 aliphatic carbocycles. The first-order valence-corrected chi connectivity index (χ1v) is 10.3. The van der Waals surface area contributed by atoms with Gasteiger partial charge in [0.05, 0.1) is 0 Å². The fraction of sp³-hybridized carbons (Fsp3) is 0.600. The summed E-state index contributed by atoms with van der Waals surface area (Å²) in [5.74, 6) is -2.75. The van der Waals surface area contributed by atoms with E-state index in [4.69, 9.17) is 19.8 Å². The van der Waals surface area contributed by atoms with Gasteiger partial charge in [-0.25, -0.2) is 9.59 Å². The molecule has 1 aliphatic heterocycles. The van der Waals surface area contributed by atoms with Gasteiger partial charge in [0.2, 0.25) is 0 Å². The highest BCUT2D eigenvalue weighted by Gasteiger charge is 2.29. The third-order valence-electron chi connectivity index (χ3n) is 5.42. The van der Waals surface area contributed by atoms with Crippen molar-refractivity contribution in [3.05, 3.63) is 34.3 Å². The van der Waals surface area contributed by atoms with Crippen molar-refractivity contribution in [2.75, 3.05) is 26.2 Å². The van der Waals surface area contributed by atoms with Gasteiger partial charge in [-0.15, -0.1) is 0 Å². The highest BCUT2D eigenvalue weighted by molar-refractivity contribution is 9.10. The molecule has 1 aromatic carbocycles. The molecular weight excluding hydrogens is 412 g/mol. The molecular formula is C20H29BrN2O4. The molecule has 2 aliphatic rings. The number of aliphatic carboxylic acids is 2. The maximum absolute atomic E-state index is 9.10. The predicted octanol–water partition coefficient (Wildman–Crippen LogP) is 3.30. The minimum Gasteiger partial charge on any atom is -0.473 e. The van der Waals surface area contributed by atoms with E-state index >= 15 is 0 Å². The second kappa shape index (κ2) is 10.8. The molecule has 2 N–H and O–H groups in total. The summed E-state index contributed by atoms with van der Waals surface area (Å²) in [5.41, 5.74) is 1.42. The van der Waals surface area contributed by atoms with Gasteiger partial charge in [0.15, 0.2) is 0 Å². The molecule has 0 amide bonds. The molecule has 0 bridgehead atoms. The summed E-state index contributed by atoms with van der Waals surface area (Å²) in [5, 5.41) is 14.8. The van der Waals surface area contributed by atoms with Gasteiger partial charge in [0.25, 0.3) is 0 Å². The third kappa shape index (κ3) is 7.24. The van der Waals surface area contributed by atoms with Crippen molar-refractivity contribution in [3.63, 3.8) is 0 Å². The lowest BCUT2D eigenvalue weighted by Crippen LogP contribution is -2.52. The Hall–Kier alpha value is -1.44. The van der Waals surface area contributed by atoms with E-state index in [0.29, 0.717) is 0 Å². The van der Waals surface area contributed by atoms with Gasteiger partial charge in [0.1, 0.15) is 0 Å². The summed E-state index contributed by atoms with van der Waals surface area (Å²) < 4.78 is 1.19. The van der Waals surface area contributed by atoms with E-state index in [-0.39, 0.29) is 0 Å². The molecule has 1 heterocycles. The normalized spacial score (nSPS) is 23.9. The summed E-state index contributed by atoms with van der Waals surface area (Å²) >= 11 is 3.57. The average molecular weight is 441 g/mol. The van der Waals surface area contributed by atoms with E-state index in [1.807, 2.05) is 0 Å². The van der Waals surface area contributed by atoms with Gasteiger partial charge in [-0.2, -0.15) is 0 Å². The Labute approximate surface area is 169 Å². The van der Waals surface area contributed by atoms with E-state index in [1.165, 1.54) is 61.9 Å². The maximum Gasteiger partial charge on any atom is 0.414 e. The van der Waals surface area contributed by atoms with E-state index in [1.54, 1.807) is 0 Å². The van der Waals surface area contributed by atoms with E-state index in [2.05, 4.69) is 56.9 Å². The lowest BCUT2D eigenvalue weighted by molar-refractivity contribution is -0.159. The number of carboxylic acid groups (broad SMARTS) is 2. The molecule has 27 heavy (non-hydrogen) atoms. The van der Waals surface area contributed by atoms with Gasteiger partial charge in [-0.1, -0.05) is 47.8 Å². The third-order valence-corrected chi connectivity index (χ3v) is 5.91. The zero-order chi connectivity index (χ0) is 19.8. The number of halogens is 1. The molecule has 2 atom stereocenters. The number of carboxylic acids is 2. The van der Waals surface area contributed by atoms with Crippen molar-refractivity contribution in [2.45, 2.75) is 45.2 Å². The molecule has 3 rings (SSSR count). The molecule has 0 spiro atoms. The van der Waals surface area contributed by atoms with Gasteiger partial charge in [0, 0.05) is 43.2 Å². The van der Waals surface area contributed by atoms with Gasteiger partial charge >= 0.3 is 11.9 Å². The number of hydrogen-bond acceptors (Lipinski definition) is 4. The van der Waals surface area contributed by atoms with E-state index in [0.717, 1.165) is 18.5 Å². The van der Waals surface area contributed by atoms with Crippen LogP contribution in [0.5, 0.6) is 0 Å². The van der Waals surface area contributed by atoms with Crippen LogP contribution in [0.25, 0.3) is 0 Å². The highest BCUT2D eigenvalue weighted by Crippen LogP contribution is 2.28. The summed E-state index contributed by atoms with van der Waals surface area (Å²) in [7, 11) is 0. The second-order valence-corrected chi connectivity index (χ2v) is 8.30. The summed E-state index contributed by atoms with van der Waals surface area (Å²) in [6.45, 7) is 8.49. The van der Waals surface area contributed by atoms with Crippen LogP contribution in [0.4, 0.5) is 0 Å². The monoisotopic (exact) mass is 440 g/mol. The second-order valence-electron chi connectivity index (χ2n) is 7.38. The van der Waals surface area contributed by atoms with Gasteiger partial charge in [-0.3, -0.25) is 9.80 Å². The minimum absolute atomic E-state index is 0.853. The van der Waals surface area contributed by atoms with Crippen molar-refractivity contribution in [1.29, 1.82) is 0 Å². The molecule has 6 nitrogen and oxygen atoms in total. The topological polar surface area (TPSA) is 81.1 Å². The summed E-state index contributed by atoms with van der Waals surface area (Å²) in [6, 6.07) is 9.58. The van der Waals surface area contributed by atoms with Crippen LogP contribution in [0, 0.1) is 5.92 Å². The molecule has 2 unspecified atom stereocenters. The lowest BCUT2D eigenvalue weighted by atomic mass is 9.84. The number of rotatable bonds is 3. The highest BCUT2D eigenvalue weighted by atomic mass is 79.9. The SMILES string of the molecule is CC1CCCCC1N1CCN(Cc2cccc(Br)c2)CC1.O=C(O)C(=O)O. The molecule has 1 saturated carbocycles. The summed E-state index contributed by atoms with van der Waals surface area (Å²) in [6.07, 6.45) is 5.74. The van der Waals surface area contributed by atoms with Crippen LogP contribution >= 0.6 is 15.9 Å². The van der Waals surface area contributed by atoms with Crippen LogP contribution in [0.3, 0.4) is 0 Å². The zero-order valence-corrected chi connectivity index (χ0v) is 17.4. The molecule has 1 aromatic rings. The molecule has 1 saturated heterocycles. The van der Waals surface area contributed by atoms with Crippen LogP contribution in [0.15, 0.2) is 28.7 Å².